The number of hydrogen-bond donors (Lipinski definition) is 1. The van der Waals surface area contributed by atoms with E-state index in [2.05, 4.69) is 15.3 Å². The van der Waals surface area contributed by atoms with Crippen LogP contribution in [0.15, 0.2) is 12.4 Å². The number of hydrogen-bond acceptors (Lipinski definition) is 3. The van der Waals surface area contributed by atoms with E-state index in [1.165, 1.54) is 0 Å². The molecule has 0 spiro atoms. The van der Waals surface area contributed by atoms with Crippen molar-refractivity contribution in [2.75, 3.05) is 26.2 Å². The summed E-state index contributed by atoms with van der Waals surface area (Å²) in [5.41, 5.74) is 1.15. The minimum atomic E-state index is 0.283. The zero-order chi connectivity index (χ0) is 13.9. The number of rotatable bonds is 3. The van der Waals surface area contributed by atoms with Gasteiger partial charge in [0, 0.05) is 32.3 Å². The van der Waals surface area contributed by atoms with Gasteiger partial charge in [-0.3, -0.25) is 9.48 Å². The lowest BCUT2D eigenvalue weighted by molar-refractivity contribution is -0.131. The Morgan fingerprint density at radius 3 is 2.65 bits per heavy atom. The zero-order valence-electron chi connectivity index (χ0n) is 12.2. The number of amides is 1. The van der Waals surface area contributed by atoms with E-state index in [0.717, 1.165) is 56.4 Å². The molecule has 0 saturated carbocycles. The monoisotopic (exact) mass is 276 g/mol. The third-order valence-electron chi connectivity index (χ3n) is 4.69. The number of fused-ring (bicyclic) bond motifs is 1. The zero-order valence-corrected chi connectivity index (χ0v) is 12.2. The molecule has 110 valence electrons. The van der Waals surface area contributed by atoms with Crippen LogP contribution in [0.25, 0.3) is 0 Å². The molecule has 20 heavy (non-hydrogen) atoms. The van der Waals surface area contributed by atoms with Crippen LogP contribution in [0.3, 0.4) is 0 Å². The Bertz CT molecular complexity index is 456. The van der Waals surface area contributed by atoms with Gasteiger partial charge in [0.1, 0.15) is 0 Å². The van der Waals surface area contributed by atoms with Gasteiger partial charge in [-0.05, 0) is 50.3 Å². The largest absolute Gasteiger partial charge is 0.343 e. The van der Waals surface area contributed by atoms with Crippen molar-refractivity contribution >= 4 is 5.91 Å². The highest BCUT2D eigenvalue weighted by Gasteiger charge is 2.31. The summed E-state index contributed by atoms with van der Waals surface area (Å²) in [7, 11) is 0. The van der Waals surface area contributed by atoms with Crippen LogP contribution in [0, 0.1) is 18.8 Å². The van der Waals surface area contributed by atoms with Crippen LogP contribution in [0.2, 0.25) is 0 Å². The fraction of sp³-hybridized carbons (Fsp3) is 0.733. The molecule has 2 fully saturated rings. The number of likely N-dealkylation sites (tertiary alicyclic amines) is 1. The van der Waals surface area contributed by atoms with Crippen LogP contribution in [-0.4, -0.2) is 46.8 Å². The lowest BCUT2D eigenvalue weighted by Gasteiger charge is -2.21. The maximum absolute atomic E-state index is 12.3. The van der Waals surface area contributed by atoms with Crippen LogP contribution >= 0.6 is 0 Å². The number of nitrogens with one attached hydrogen (secondary N) is 1. The lowest BCUT2D eigenvalue weighted by Crippen LogP contribution is -2.33. The standard InChI is InChI=1S/C15H24N4O/c1-12-8-17-19(11-12)7-4-15(20)18-5-2-13-9-16-10-14(13)3-6-18/h8,11,13-14,16H,2-7,9-10H2,1H3/t13-,14+. The van der Waals surface area contributed by atoms with Crippen LogP contribution in [0.1, 0.15) is 24.8 Å². The first-order chi connectivity index (χ1) is 9.72. The molecule has 1 aromatic heterocycles. The molecule has 1 aromatic rings. The molecule has 3 heterocycles. The molecule has 0 aliphatic carbocycles. The van der Waals surface area contributed by atoms with Gasteiger partial charge in [0.25, 0.3) is 0 Å². The normalized spacial score (nSPS) is 26.4. The third-order valence-corrected chi connectivity index (χ3v) is 4.69. The SMILES string of the molecule is Cc1cnn(CCC(=O)N2CC[C@@H]3CNC[C@@H]3CC2)c1. The van der Waals surface area contributed by atoms with Gasteiger partial charge >= 0.3 is 0 Å². The Morgan fingerprint density at radius 2 is 2.05 bits per heavy atom. The second kappa shape index (κ2) is 5.95. The molecule has 2 aliphatic heterocycles. The van der Waals surface area contributed by atoms with E-state index >= 15 is 0 Å². The van der Waals surface area contributed by atoms with Crippen LogP contribution in [0.5, 0.6) is 0 Å². The Morgan fingerprint density at radius 1 is 1.35 bits per heavy atom. The molecule has 5 nitrogen and oxygen atoms in total. The first-order valence-corrected chi connectivity index (χ1v) is 7.70. The first kappa shape index (κ1) is 13.6. The molecule has 2 saturated heterocycles. The maximum Gasteiger partial charge on any atom is 0.224 e. The summed E-state index contributed by atoms with van der Waals surface area (Å²) < 4.78 is 1.86. The molecule has 3 rings (SSSR count). The number of aromatic nitrogens is 2. The minimum Gasteiger partial charge on any atom is -0.343 e. The van der Waals surface area contributed by atoms with Crippen LogP contribution in [-0.2, 0) is 11.3 Å². The Balaban J connectivity index is 1.49. The number of nitrogens with zero attached hydrogens (tertiary/aromatic N) is 3. The molecular formula is C15H24N4O. The molecule has 5 heteroatoms. The van der Waals surface area contributed by atoms with Crippen LogP contribution in [0.4, 0.5) is 0 Å². The van der Waals surface area contributed by atoms with Crippen molar-refractivity contribution in [1.29, 1.82) is 0 Å². The average Bonchev–Trinajstić information content (AvgIpc) is 3.01. The highest BCUT2D eigenvalue weighted by atomic mass is 16.2. The Kier molecular flexibility index (Phi) is 4.05. The summed E-state index contributed by atoms with van der Waals surface area (Å²) in [4.78, 5) is 14.4. The summed E-state index contributed by atoms with van der Waals surface area (Å²) in [6, 6.07) is 0. The van der Waals surface area contributed by atoms with E-state index in [1.54, 1.807) is 0 Å². The van der Waals surface area contributed by atoms with E-state index in [4.69, 9.17) is 0 Å². The molecule has 2 aliphatic rings. The molecule has 0 radical (unpaired) electrons. The van der Waals surface area contributed by atoms with Gasteiger partial charge in [0.15, 0.2) is 0 Å². The highest BCUT2D eigenvalue weighted by Crippen LogP contribution is 2.27. The summed E-state index contributed by atoms with van der Waals surface area (Å²) >= 11 is 0. The third kappa shape index (κ3) is 3.03. The smallest absolute Gasteiger partial charge is 0.224 e. The van der Waals surface area contributed by atoms with Crippen LogP contribution < -0.4 is 5.32 Å². The molecule has 0 aromatic carbocycles. The fourth-order valence-electron chi connectivity index (χ4n) is 3.43. The quantitative estimate of drug-likeness (QED) is 0.897. The van der Waals surface area contributed by atoms with E-state index in [9.17, 15) is 4.79 Å². The predicted molar refractivity (Wildman–Crippen MR) is 77.2 cm³/mol. The van der Waals surface area contributed by atoms with Crippen molar-refractivity contribution in [3.63, 3.8) is 0 Å². The molecule has 2 atom stereocenters. The van der Waals surface area contributed by atoms with Crippen molar-refractivity contribution < 1.29 is 4.79 Å². The fourth-order valence-corrected chi connectivity index (χ4v) is 3.43. The van der Waals surface area contributed by atoms with E-state index in [-0.39, 0.29) is 5.91 Å². The van der Waals surface area contributed by atoms with E-state index in [1.807, 2.05) is 24.0 Å². The minimum absolute atomic E-state index is 0.283. The van der Waals surface area contributed by atoms with Gasteiger partial charge in [-0.25, -0.2) is 0 Å². The Hall–Kier alpha value is -1.36. The summed E-state index contributed by atoms with van der Waals surface area (Å²) in [5.74, 6) is 1.84. The van der Waals surface area contributed by atoms with E-state index in [0.29, 0.717) is 13.0 Å². The molecule has 1 amide bonds. The number of aryl methyl sites for hydroxylation is 2. The van der Waals surface area contributed by atoms with Gasteiger partial charge in [-0.2, -0.15) is 5.10 Å². The highest BCUT2D eigenvalue weighted by molar-refractivity contribution is 5.76. The second-order valence-corrected chi connectivity index (χ2v) is 6.17. The van der Waals surface area contributed by atoms with Crippen molar-refractivity contribution in [1.82, 2.24) is 20.0 Å². The molecule has 0 unspecified atom stereocenters. The van der Waals surface area contributed by atoms with Crippen molar-refractivity contribution in [3.8, 4) is 0 Å². The summed E-state index contributed by atoms with van der Waals surface area (Å²) in [6.07, 6.45) is 6.71. The average molecular weight is 276 g/mol. The molecule has 0 bridgehead atoms. The topological polar surface area (TPSA) is 50.2 Å². The number of carbonyl (C=O) groups excluding carboxylic acids is 1. The second-order valence-electron chi connectivity index (χ2n) is 6.17. The number of carbonyl (C=O) groups is 1. The maximum atomic E-state index is 12.3. The van der Waals surface area contributed by atoms with Crippen molar-refractivity contribution in [2.45, 2.75) is 32.7 Å². The van der Waals surface area contributed by atoms with Gasteiger partial charge < -0.3 is 10.2 Å². The summed E-state index contributed by atoms with van der Waals surface area (Å²) in [6.45, 7) is 6.85. The van der Waals surface area contributed by atoms with Gasteiger partial charge in [0.2, 0.25) is 5.91 Å². The van der Waals surface area contributed by atoms with Gasteiger partial charge in [-0.1, -0.05) is 0 Å². The molecular weight excluding hydrogens is 252 g/mol. The first-order valence-electron chi connectivity index (χ1n) is 7.70. The Labute approximate surface area is 120 Å². The lowest BCUT2D eigenvalue weighted by atomic mass is 9.92. The predicted octanol–water partition coefficient (Wildman–Crippen LogP) is 1.04. The van der Waals surface area contributed by atoms with E-state index < -0.39 is 0 Å². The molecule has 1 N–H and O–H groups in total. The van der Waals surface area contributed by atoms with Crippen molar-refractivity contribution in [2.24, 2.45) is 11.8 Å². The van der Waals surface area contributed by atoms with Gasteiger partial charge in [0.05, 0.1) is 6.20 Å². The van der Waals surface area contributed by atoms with Gasteiger partial charge in [-0.15, -0.1) is 0 Å². The summed E-state index contributed by atoms with van der Waals surface area (Å²) in [5, 5.41) is 7.71. The van der Waals surface area contributed by atoms with Crippen molar-refractivity contribution in [3.05, 3.63) is 18.0 Å².